The van der Waals surface area contributed by atoms with E-state index in [0.29, 0.717) is 16.4 Å². The zero-order valence-corrected chi connectivity index (χ0v) is 18.9. The van der Waals surface area contributed by atoms with Crippen molar-refractivity contribution in [3.05, 3.63) is 80.5 Å². The first-order chi connectivity index (χ1) is 15.2. The van der Waals surface area contributed by atoms with Crippen molar-refractivity contribution in [2.75, 3.05) is 4.90 Å². The lowest BCUT2D eigenvalue weighted by Gasteiger charge is -2.23. The minimum atomic E-state index is -0.646. The number of rotatable bonds is 5. The van der Waals surface area contributed by atoms with E-state index in [0.717, 1.165) is 27.1 Å². The van der Waals surface area contributed by atoms with Crippen LogP contribution in [0.1, 0.15) is 29.3 Å². The second-order valence-electron chi connectivity index (χ2n) is 7.56. The molecule has 2 heterocycles. The second kappa shape index (κ2) is 8.51. The summed E-state index contributed by atoms with van der Waals surface area (Å²) in [5.74, 6) is -1.09. The molecule has 0 fully saturated rings. The highest BCUT2D eigenvalue weighted by Crippen LogP contribution is 2.34. The molecule has 4 aromatic rings. The van der Waals surface area contributed by atoms with Crippen LogP contribution in [-0.4, -0.2) is 20.7 Å². The molecule has 0 radical (unpaired) electrons. The van der Waals surface area contributed by atoms with Gasteiger partial charge in [-0.05, 0) is 56.2 Å². The number of nitrogens with zero attached hydrogens (tertiary/aromatic N) is 4. The van der Waals surface area contributed by atoms with Gasteiger partial charge in [-0.1, -0.05) is 17.7 Å². The number of hydrogen-bond acceptors (Lipinski definition) is 6. The van der Waals surface area contributed by atoms with Crippen molar-refractivity contribution in [3.63, 3.8) is 0 Å². The van der Waals surface area contributed by atoms with Crippen molar-refractivity contribution in [1.29, 1.82) is 0 Å². The summed E-state index contributed by atoms with van der Waals surface area (Å²) >= 11 is 1.31. The summed E-state index contributed by atoms with van der Waals surface area (Å²) in [6.45, 7) is 7.52. The van der Waals surface area contributed by atoms with E-state index in [2.05, 4.69) is 10.1 Å². The van der Waals surface area contributed by atoms with Gasteiger partial charge >= 0.3 is 5.76 Å². The Morgan fingerprint density at radius 1 is 1.16 bits per heavy atom. The predicted molar refractivity (Wildman–Crippen MR) is 121 cm³/mol. The summed E-state index contributed by atoms with van der Waals surface area (Å²) in [5, 5.41) is 6.48. The van der Waals surface area contributed by atoms with E-state index in [9.17, 15) is 14.0 Å². The van der Waals surface area contributed by atoms with E-state index in [1.165, 1.54) is 42.5 Å². The average molecular weight is 453 g/mol. The van der Waals surface area contributed by atoms with Gasteiger partial charge in [0.2, 0.25) is 11.8 Å². The van der Waals surface area contributed by atoms with E-state index in [1.54, 1.807) is 10.3 Å². The molecule has 0 atom stereocenters. The summed E-state index contributed by atoms with van der Waals surface area (Å²) in [7, 11) is 0. The number of hydrogen-bond donors (Lipinski definition) is 0. The van der Waals surface area contributed by atoms with Crippen LogP contribution in [-0.2, 0) is 11.3 Å². The number of aryl methyl sites for hydroxylation is 3. The summed E-state index contributed by atoms with van der Waals surface area (Å²) in [6, 6.07) is 9.57. The van der Waals surface area contributed by atoms with Gasteiger partial charge in [-0.2, -0.15) is 4.68 Å². The molecule has 32 heavy (non-hydrogen) atoms. The third kappa shape index (κ3) is 4.24. The van der Waals surface area contributed by atoms with E-state index >= 15 is 0 Å². The van der Waals surface area contributed by atoms with Gasteiger partial charge < -0.3 is 4.42 Å². The van der Waals surface area contributed by atoms with Crippen LogP contribution in [0, 0.1) is 26.6 Å². The zero-order chi connectivity index (χ0) is 23.0. The SMILES string of the molecule is CC(=O)N(c1nc(Cn2nc(-c3ccc(F)cc3)oc2=O)cs1)c1c(C)cc(C)cc1C. The van der Waals surface area contributed by atoms with E-state index in [4.69, 9.17) is 4.42 Å². The van der Waals surface area contributed by atoms with Crippen molar-refractivity contribution in [2.24, 2.45) is 0 Å². The summed E-state index contributed by atoms with van der Waals surface area (Å²) in [5.41, 5.74) is 4.95. The fraction of sp³-hybridized carbons (Fsp3) is 0.217. The molecule has 2 aromatic carbocycles. The van der Waals surface area contributed by atoms with Crippen LogP contribution in [0.15, 0.2) is 51.0 Å². The third-order valence-corrected chi connectivity index (χ3v) is 5.79. The number of carbonyl (C=O) groups is 1. The smallest absolute Gasteiger partial charge is 0.388 e. The molecule has 0 aliphatic rings. The highest BCUT2D eigenvalue weighted by atomic mass is 32.1. The maximum absolute atomic E-state index is 13.1. The molecule has 0 aliphatic heterocycles. The Balaban J connectivity index is 1.63. The largest absolute Gasteiger partial charge is 0.437 e. The van der Waals surface area contributed by atoms with Crippen molar-refractivity contribution < 1.29 is 13.6 Å². The van der Waals surface area contributed by atoms with Gasteiger partial charge in [-0.3, -0.25) is 9.69 Å². The minimum Gasteiger partial charge on any atom is -0.388 e. The summed E-state index contributed by atoms with van der Waals surface area (Å²) in [6.07, 6.45) is 0. The van der Waals surface area contributed by atoms with E-state index in [1.807, 2.05) is 32.9 Å². The maximum Gasteiger partial charge on any atom is 0.437 e. The highest BCUT2D eigenvalue weighted by Gasteiger charge is 2.22. The number of anilines is 2. The Kier molecular flexibility index (Phi) is 5.75. The van der Waals surface area contributed by atoms with Gasteiger partial charge in [-0.25, -0.2) is 14.2 Å². The van der Waals surface area contributed by atoms with Crippen LogP contribution in [0.4, 0.5) is 15.2 Å². The monoisotopic (exact) mass is 452 g/mol. The Bertz CT molecular complexity index is 1330. The fourth-order valence-electron chi connectivity index (χ4n) is 3.65. The molecule has 1 amide bonds. The standard InChI is InChI=1S/C23H21FN4O3S/c1-13-9-14(2)20(15(3)10-13)28(16(4)29)22-25-19(12-32-22)11-27-23(30)31-21(26-27)17-5-7-18(24)8-6-17/h5-10,12H,11H2,1-4H3. The van der Waals surface area contributed by atoms with Crippen LogP contribution in [0.3, 0.4) is 0 Å². The van der Waals surface area contributed by atoms with Crippen LogP contribution in [0.5, 0.6) is 0 Å². The Morgan fingerprint density at radius 3 is 2.44 bits per heavy atom. The van der Waals surface area contributed by atoms with Gasteiger partial charge in [-0.15, -0.1) is 16.4 Å². The van der Waals surface area contributed by atoms with Crippen LogP contribution >= 0.6 is 11.3 Å². The van der Waals surface area contributed by atoms with Crippen LogP contribution < -0.4 is 10.7 Å². The Labute approximate surface area is 187 Å². The van der Waals surface area contributed by atoms with Crippen molar-refractivity contribution >= 4 is 28.1 Å². The highest BCUT2D eigenvalue weighted by molar-refractivity contribution is 7.14. The molecular formula is C23H21FN4O3S. The number of halogens is 1. The van der Waals surface area contributed by atoms with Crippen molar-refractivity contribution in [1.82, 2.24) is 14.8 Å². The molecule has 164 valence electrons. The first-order valence-electron chi connectivity index (χ1n) is 9.90. The van der Waals surface area contributed by atoms with Gasteiger partial charge in [0.25, 0.3) is 0 Å². The molecule has 0 N–H and O–H groups in total. The van der Waals surface area contributed by atoms with E-state index < -0.39 is 5.76 Å². The normalized spacial score (nSPS) is 11.0. The third-order valence-electron chi connectivity index (χ3n) is 4.91. The predicted octanol–water partition coefficient (Wildman–Crippen LogP) is 4.76. The number of thiazole rings is 1. The molecule has 0 aliphatic carbocycles. The lowest BCUT2D eigenvalue weighted by atomic mass is 10.0. The maximum atomic E-state index is 13.1. The lowest BCUT2D eigenvalue weighted by Crippen LogP contribution is -2.24. The molecule has 0 spiro atoms. The average Bonchev–Trinajstić information content (AvgIpc) is 3.32. The summed E-state index contributed by atoms with van der Waals surface area (Å²) < 4.78 is 19.5. The number of benzene rings is 2. The van der Waals surface area contributed by atoms with Crippen molar-refractivity contribution in [2.45, 2.75) is 34.2 Å². The molecule has 4 rings (SSSR count). The molecule has 7 nitrogen and oxygen atoms in total. The van der Waals surface area contributed by atoms with Gasteiger partial charge in [0.1, 0.15) is 5.82 Å². The Morgan fingerprint density at radius 2 is 1.81 bits per heavy atom. The van der Waals surface area contributed by atoms with E-state index in [-0.39, 0.29) is 24.2 Å². The van der Waals surface area contributed by atoms with Crippen LogP contribution in [0.2, 0.25) is 0 Å². The second-order valence-corrected chi connectivity index (χ2v) is 8.40. The molecule has 0 unspecified atom stereocenters. The molecular weight excluding hydrogens is 431 g/mol. The first kappa shape index (κ1) is 21.6. The number of amides is 1. The minimum absolute atomic E-state index is 0.0810. The number of aromatic nitrogens is 3. The quantitative estimate of drug-likeness (QED) is 0.436. The van der Waals surface area contributed by atoms with Crippen LogP contribution in [0.25, 0.3) is 11.5 Å². The summed E-state index contributed by atoms with van der Waals surface area (Å²) in [4.78, 5) is 30.9. The molecule has 0 bridgehead atoms. The zero-order valence-electron chi connectivity index (χ0n) is 18.0. The topological polar surface area (TPSA) is 81.2 Å². The Hall–Kier alpha value is -3.59. The van der Waals surface area contributed by atoms with Crippen molar-refractivity contribution in [3.8, 4) is 11.5 Å². The first-order valence-corrected chi connectivity index (χ1v) is 10.8. The molecule has 0 saturated heterocycles. The van der Waals surface area contributed by atoms with Gasteiger partial charge in [0.05, 0.1) is 17.9 Å². The molecule has 2 aromatic heterocycles. The fourth-order valence-corrected chi connectivity index (χ4v) is 4.52. The lowest BCUT2D eigenvalue weighted by molar-refractivity contribution is -0.115. The van der Waals surface area contributed by atoms with Gasteiger partial charge in [0, 0.05) is 17.9 Å². The molecule has 9 heteroatoms. The van der Waals surface area contributed by atoms with Gasteiger partial charge in [0.15, 0.2) is 5.13 Å². The molecule has 0 saturated carbocycles. The number of carbonyl (C=O) groups excluding carboxylic acids is 1.